The van der Waals surface area contributed by atoms with Crippen molar-refractivity contribution in [1.82, 2.24) is 10.2 Å². The summed E-state index contributed by atoms with van der Waals surface area (Å²) >= 11 is 0. The molecule has 0 saturated heterocycles. The van der Waals surface area contributed by atoms with Gasteiger partial charge >= 0.3 is 0 Å². The van der Waals surface area contributed by atoms with E-state index in [0.717, 1.165) is 31.2 Å². The molecule has 2 rings (SSSR count). The minimum atomic E-state index is 0.167. The fourth-order valence-corrected chi connectivity index (χ4v) is 2.16. The first-order chi connectivity index (χ1) is 9.22. The number of nitrogens with one attached hydrogen (secondary N) is 1. The summed E-state index contributed by atoms with van der Waals surface area (Å²) < 4.78 is 5.77. The number of furan rings is 1. The largest absolute Gasteiger partial charge is 0.465 e. The predicted molar refractivity (Wildman–Crippen MR) is 75.9 cm³/mol. The Kier molecular flexibility index (Phi) is 5.19. The predicted octanol–water partition coefficient (Wildman–Crippen LogP) is 1.82. The Balaban J connectivity index is 1.91. The van der Waals surface area contributed by atoms with E-state index in [1.165, 1.54) is 18.4 Å². The molecular formula is C15H24N2O2. The molecule has 0 amide bonds. The van der Waals surface area contributed by atoms with Gasteiger partial charge in [0, 0.05) is 31.2 Å². The highest BCUT2D eigenvalue weighted by atomic mass is 16.3. The number of hydrogen-bond acceptors (Lipinski definition) is 4. The normalized spacial score (nSPS) is 15.1. The Bertz CT molecular complexity index is 410. The maximum absolute atomic E-state index is 9.06. The summed E-state index contributed by atoms with van der Waals surface area (Å²) in [5.41, 5.74) is 1.20. The van der Waals surface area contributed by atoms with Crippen LogP contribution in [0.3, 0.4) is 0 Å². The van der Waals surface area contributed by atoms with Gasteiger partial charge in [0.2, 0.25) is 0 Å². The molecule has 0 bridgehead atoms. The van der Waals surface area contributed by atoms with E-state index >= 15 is 0 Å². The van der Waals surface area contributed by atoms with Crippen LogP contribution >= 0.6 is 0 Å². The van der Waals surface area contributed by atoms with Gasteiger partial charge in [-0.1, -0.05) is 6.08 Å². The summed E-state index contributed by atoms with van der Waals surface area (Å²) in [6, 6.07) is 2.82. The zero-order valence-corrected chi connectivity index (χ0v) is 11.7. The summed E-state index contributed by atoms with van der Waals surface area (Å²) in [6.45, 7) is 8.97. The second kappa shape index (κ2) is 6.89. The minimum absolute atomic E-state index is 0.167. The van der Waals surface area contributed by atoms with E-state index in [2.05, 4.69) is 22.9 Å². The van der Waals surface area contributed by atoms with E-state index in [0.29, 0.717) is 12.6 Å². The van der Waals surface area contributed by atoms with Crippen molar-refractivity contribution < 1.29 is 9.52 Å². The summed E-state index contributed by atoms with van der Waals surface area (Å²) in [5.74, 6) is 1.97. The monoisotopic (exact) mass is 264 g/mol. The smallest absolute Gasteiger partial charge is 0.118 e. The molecule has 1 aliphatic rings. The third-order valence-electron chi connectivity index (χ3n) is 3.41. The molecule has 2 N–H and O–H groups in total. The van der Waals surface area contributed by atoms with E-state index in [-0.39, 0.29) is 6.61 Å². The fraction of sp³-hybridized carbons (Fsp3) is 0.600. The number of aliphatic hydroxyl groups excluding tert-OH is 1. The van der Waals surface area contributed by atoms with Crippen molar-refractivity contribution in [3.63, 3.8) is 0 Å². The zero-order chi connectivity index (χ0) is 13.7. The van der Waals surface area contributed by atoms with E-state index in [1.54, 1.807) is 0 Å². The molecule has 4 nitrogen and oxygen atoms in total. The van der Waals surface area contributed by atoms with E-state index < -0.39 is 0 Å². The SMILES string of the molecule is C=CCN(CCO)Cc1cc(CNC2CC2)oc1C. The van der Waals surface area contributed by atoms with Gasteiger partial charge in [-0.3, -0.25) is 4.90 Å². The quantitative estimate of drug-likeness (QED) is 0.668. The van der Waals surface area contributed by atoms with Gasteiger partial charge in [0.1, 0.15) is 11.5 Å². The third kappa shape index (κ3) is 4.49. The average Bonchev–Trinajstić information content (AvgIpc) is 3.14. The van der Waals surface area contributed by atoms with Gasteiger partial charge in [0.05, 0.1) is 13.2 Å². The number of hydrogen-bond donors (Lipinski definition) is 2. The minimum Gasteiger partial charge on any atom is -0.465 e. The molecule has 0 spiro atoms. The van der Waals surface area contributed by atoms with Gasteiger partial charge in [-0.25, -0.2) is 0 Å². The highest BCUT2D eigenvalue weighted by molar-refractivity contribution is 5.21. The highest BCUT2D eigenvalue weighted by Gasteiger charge is 2.21. The van der Waals surface area contributed by atoms with Crippen molar-refractivity contribution in [2.75, 3.05) is 19.7 Å². The van der Waals surface area contributed by atoms with Gasteiger partial charge in [-0.05, 0) is 25.8 Å². The highest BCUT2D eigenvalue weighted by Crippen LogP contribution is 2.21. The van der Waals surface area contributed by atoms with E-state index in [1.807, 2.05) is 13.0 Å². The molecule has 1 saturated carbocycles. The Morgan fingerprint density at radius 3 is 3.00 bits per heavy atom. The lowest BCUT2D eigenvalue weighted by Crippen LogP contribution is -2.26. The van der Waals surface area contributed by atoms with E-state index in [4.69, 9.17) is 9.52 Å². The second-order valence-electron chi connectivity index (χ2n) is 5.20. The Morgan fingerprint density at radius 1 is 1.58 bits per heavy atom. The van der Waals surface area contributed by atoms with Crippen molar-refractivity contribution in [3.05, 3.63) is 35.8 Å². The summed E-state index contributed by atoms with van der Waals surface area (Å²) in [7, 11) is 0. The molecule has 0 unspecified atom stereocenters. The molecule has 1 aromatic heterocycles. The van der Waals surface area contributed by atoms with Crippen molar-refractivity contribution in [3.8, 4) is 0 Å². The van der Waals surface area contributed by atoms with Crippen molar-refractivity contribution >= 4 is 0 Å². The van der Waals surface area contributed by atoms with Crippen LogP contribution in [0.5, 0.6) is 0 Å². The molecule has 1 aromatic rings. The van der Waals surface area contributed by atoms with Crippen molar-refractivity contribution in [2.24, 2.45) is 0 Å². The fourth-order valence-electron chi connectivity index (χ4n) is 2.16. The average molecular weight is 264 g/mol. The Hall–Kier alpha value is -1.10. The lowest BCUT2D eigenvalue weighted by atomic mass is 10.2. The first-order valence-electron chi connectivity index (χ1n) is 6.98. The van der Waals surface area contributed by atoms with Crippen LogP contribution in [0.1, 0.15) is 29.9 Å². The van der Waals surface area contributed by atoms with Gasteiger partial charge in [-0.15, -0.1) is 6.58 Å². The van der Waals surface area contributed by atoms with Crippen LogP contribution in [0.25, 0.3) is 0 Å². The van der Waals surface area contributed by atoms with Crippen LogP contribution in [-0.4, -0.2) is 35.7 Å². The number of aryl methyl sites for hydroxylation is 1. The van der Waals surface area contributed by atoms with Crippen LogP contribution < -0.4 is 5.32 Å². The van der Waals surface area contributed by atoms with Gasteiger partial charge < -0.3 is 14.8 Å². The zero-order valence-electron chi connectivity index (χ0n) is 11.7. The topological polar surface area (TPSA) is 48.6 Å². The van der Waals surface area contributed by atoms with Gasteiger partial charge in [-0.2, -0.15) is 0 Å². The standard InChI is InChI=1S/C15H24N2O2/c1-3-6-17(7-8-18)11-13-9-15(19-12(13)2)10-16-14-4-5-14/h3,9,14,16,18H,1,4-8,10-11H2,2H3. The van der Waals surface area contributed by atoms with Crippen LogP contribution in [0.15, 0.2) is 23.1 Å². The van der Waals surface area contributed by atoms with Crippen molar-refractivity contribution in [2.45, 2.75) is 38.9 Å². The molecule has 4 heteroatoms. The number of aliphatic hydroxyl groups is 1. The van der Waals surface area contributed by atoms with Crippen LogP contribution in [-0.2, 0) is 13.1 Å². The molecule has 1 heterocycles. The van der Waals surface area contributed by atoms with Crippen LogP contribution in [0.2, 0.25) is 0 Å². The molecule has 106 valence electrons. The lowest BCUT2D eigenvalue weighted by molar-refractivity contribution is 0.203. The molecule has 19 heavy (non-hydrogen) atoms. The van der Waals surface area contributed by atoms with Crippen molar-refractivity contribution in [1.29, 1.82) is 0 Å². The van der Waals surface area contributed by atoms with Crippen LogP contribution in [0.4, 0.5) is 0 Å². The van der Waals surface area contributed by atoms with Crippen LogP contribution in [0, 0.1) is 6.92 Å². The lowest BCUT2D eigenvalue weighted by Gasteiger charge is -2.18. The van der Waals surface area contributed by atoms with Gasteiger partial charge in [0.15, 0.2) is 0 Å². The molecule has 0 radical (unpaired) electrons. The summed E-state index contributed by atoms with van der Waals surface area (Å²) in [4.78, 5) is 2.16. The molecular weight excluding hydrogens is 240 g/mol. The van der Waals surface area contributed by atoms with E-state index in [9.17, 15) is 0 Å². The number of rotatable bonds is 9. The molecule has 0 aromatic carbocycles. The second-order valence-corrected chi connectivity index (χ2v) is 5.20. The molecule has 0 atom stereocenters. The first kappa shape index (κ1) is 14.3. The van der Waals surface area contributed by atoms with Gasteiger partial charge in [0.25, 0.3) is 0 Å². The number of nitrogens with zero attached hydrogens (tertiary/aromatic N) is 1. The molecule has 1 fully saturated rings. The first-order valence-corrected chi connectivity index (χ1v) is 6.98. The third-order valence-corrected chi connectivity index (χ3v) is 3.41. The Morgan fingerprint density at radius 2 is 2.37 bits per heavy atom. The maximum Gasteiger partial charge on any atom is 0.118 e. The summed E-state index contributed by atoms with van der Waals surface area (Å²) in [6.07, 6.45) is 4.44. The summed E-state index contributed by atoms with van der Waals surface area (Å²) in [5, 5.41) is 12.5. The molecule has 1 aliphatic carbocycles. The Labute approximate surface area is 115 Å². The molecule has 0 aliphatic heterocycles. The maximum atomic E-state index is 9.06.